The van der Waals surface area contributed by atoms with Crippen molar-refractivity contribution in [2.45, 2.75) is 44.0 Å². The van der Waals surface area contributed by atoms with Crippen molar-refractivity contribution < 1.29 is 28.9 Å². The number of nitrogens with two attached hydrogens (primary N) is 1. The van der Waals surface area contributed by atoms with Crippen LogP contribution >= 0.6 is 34.4 Å². The van der Waals surface area contributed by atoms with Gasteiger partial charge in [-0.2, -0.15) is 0 Å². The number of anilines is 2. The molecule has 1 saturated heterocycles. The third-order valence-corrected chi connectivity index (χ3v) is 10.3. The van der Waals surface area contributed by atoms with Gasteiger partial charge in [-0.1, -0.05) is 16.5 Å². The average molecular weight is 593 g/mol. The number of carboxylic acids is 1. The molecule has 12 nitrogen and oxygen atoms in total. The summed E-state index contributed by atoms with van der Waals surface area (Å²) in [7, 11) is 4.01. The first-order valence-electron chi connectivity index (χ1n) is 12.5. The Labute approximate surface area is 237 Å². The van der Waals surface area contributed by atoms with Crippen LogP contribution in [-0.4, -0.2) is 75.9 Å². The maximum Gasteiger partial charge on any atom is 0.352 e. The fraction of sp³-hybridized carbons (Fsp3) is 0.500. The van der Waals surface area contributed by atoms with Crippen LogP contribution in [0.4, 0.5) is 10.3 Å². The van der Waals surface area contributed by atoms with Gasteiger partial charge >= 0.3 is 11.1 Å². The number of thiazole rings is 2. The molecule has 3 aliphatic rings. The van der Waals surface area contributed by atoms with Crippen molar-refractivity contribution in [3.8, 4) is 0 Å². The molecule has 4 heterocycles. The molecule has 5 rings (SSSR count). The van der Waals surface area contributed by atoms with Crippen LogP contribution in [0, 0.1) is 0 Å². The Morgan fingerprint density at radius 2 is 2.15 bits per heavy atom. The Hall–Kier alpha value is -3.17. The number of aryl methyl sites for hydroxylation is 1. The number of carbonyl (C=O) groups excluding carboxylic acids is 2. The monoisotopic (exact) mass is 592 g/mol. The normalized spacial score (nSPS) is 20.7. The number of nitrogens with one attached hydrogen (secondary N) is 1. The predicted molar refractivity (Wildman–Crippen MR) is 150 cm³/mol. The molecule has 2 aliphatic heterocycles. The summed E-state index contributed by atoms with van der Waals surface area (Å²) in [5.41, 5.74) is 7.84. The van der Waals surface area contributed by atoms with Crippen LogP contribution in [0.3, 0.4) is 0 Å². The molecule has 1 fully saturated rings. The van der Waals surface area contributed by atoms with E-state index in [0.29, 0.717) is 17.9 Å². The summed E-state index contributed by atoms with van der Waals surface area (Å²) in [4.78, 5) is 52.5. The number of nitrogens with zero attached hydrogens (tertiary/aromatic N) is 5. The van der Waals surface area contributed by atoms with Crippen LogP contribution in [0.2, 0.25) is 0 Å². The maximum atomic E-state index is 13.2. The average Bonchev–Trinajstić information content (AvgIpc) is 3.50. The second-order valence-corrected chi connectivity index (χ2v) is 12.5. The van der Waals surface area contributed by atoms with Gasteiger partial charge in [0.15, 0.2) is 10.8 Å². The number of β-lactam (4-membered cyclic amide) rings is 1. The molecule has 208 valence electrons. The summed E-state index contributed by atoms with van der Waals surface area (Å²) >= 11 is 4.33. The van der Waals surface area contributed by atoms with E-state index in [9.17, 15) is 19.5 Å². The molecule has 2 atom stereocenters. The first kappa shape index (κ1) is 27.4. The van der Waals surface area contributed by atoms with Crippen molar-refractivity contribution >= 4 is 68.2 Å². The third kappa shape index (κ3) is 5.10. The van der Waals surface area contributed by atoms with E-state index in [1.807, 2.05) is 7.05 Å². The number of amides is 2. The first-order valence-corrected chi connectivity index (χ1v) is 15.3. The Morgan fingerprint density at radius 1 is 1.38 bits per heavy atom. The van der Waals surface area contributed by atoms with Crippen molar-refractivity contribution in [2.24, 2.45) is 12.2 Å². The van der Waals surface area contributed by atoms with E-state index in [-0.39, 0.29) is 28.8 Å². The summed E-state index contributed by atoms with van der Waals surface area (Å²) in [5.74, 6) is -1.87. The van der Waals surface area contributed by atoms with Crippen LogP contribution < -0.4 is 20.5 Å². The van der Waals surface area contributed by atoms with Gasteiger partial charge < -0.3 is 21.0 Å². The zero-order valence-electron chi connectivity index (χ0n) is 21.8. The van der Waals surface area contributed by atoms with E-state index in [1.165, 1.54) is 40.1 Å². The highest BCUT2D eigenvalue weighted by atomic mass is 32.2. The third-order valence-electron chi connectivity index (χ3n) is 6.85. The van der Waals surface area contributed by atoms with Gasteiger partial charge in [0.1, 0.15) is 41.7 Å². The number of hydrogen-bond donors (Lipinski definition) is 3. The summed E-state index contributed by atoms with van der Waals surface area (Å²) < 4.78 is 2.20. The molecule has 0 radical (unpaired) electrons. The molecule has 2 aromatic rings. The molecule has 39 heavy (non-hydrogen) atoms. The predicted octanol–water partition coefficient (Wildman–Crippen LogP) is 1.11. The second-order valence-electron chi connectivity index (χ2n) is 9.42. The highest BCUT2D eigenvalue weighted by Crippen LogP contribution is 2.41. The molecule has 0 bridgehead atoms. The summed E-state index contributed by atoms with van der Waals surface area (Å²) in [6, 6.07) is -0.902. The van der Waals surface area contributed by atoms with Crippen molar-refractivity contribution in [2.75, 3.05) is 36.6 Å². The Morgan fingerprint density at radius 3 is 2.82 bits per heavy atom. The highest BCUT2D eigenvalue weighted by Gasteiger charge is 2.54. The van der Waals surface area contributed by atoms with E-state index in [1.54, 1.807) is 23.6 Å². The number of likely N-dealkylation sites (N-methyl/N-ethyl adjacent to an activating group) is 1. The van der Waals surface area contributed by atoms with Gasteiger partial charge in [-0.05, 0) is 26.2 Å². The summed E-state index contributed by atoms with van der Waals surface area (Å²) in [6.07, 6.45) is 4.50. The van der Waals surface area contributed by atoms with Gasteiger partial charge in [0.05, 0.1) is 19.0 Å². The SMILES string of the molecule is CCO/N=C(\C(=O)NC1C(=O)N2C(C(=O)O)=C(CN(C)c3sc4c([n+]3C)CCCC4)CSC12)c1csc(N)n1. The second kappa shape index (κ2) is 11.1. The Balaban J connectivity index is 1.33. The minimum absolute atomic E-state index is 0.0134. The van der Waals surface area contributed by atoms with Gasteiger partial charge in [-0.25, -0.2) is 14.3 Å². The van der Waals surface area contributed by atoms with Crippen LogP contribution in [0.1, 0.15) is 36.0 Å². The van der Waals surface area contributed by atoms with Crippen LogP contribution in [-0.2, 0) is 39.1 Å². The Kier molecular flexibility index (Phi) is 7.82. The highest BCUT2D eigenvalue weighted by molar-refractivity contribution is 8.00. The lowest BCUT2D eigenvalue weighted by atomic mass is 10.0. The zero-order valence-corrected chi connectivity index (χ0v) is 24.2. The summed E-state index contributed by atoms with van der Waals surface area (Å²) in [5, 5.41) is 19.0. The van der Waals surface area contributed by atoms with Gasteiger partial charge in [0.25, 0.3) is 11.8 Å². The number of hydrogen-bond acceptors (Lipinski definition) is 11. The number of aliphatic carboxylic acids is 1. The molecular weight excluding hydrogens is 563 g/mol. The number of nitrogen functional groups attached to an aromatic ring is 1. The van der Waals surface area contributed by atoms with Crippen molar-refractivity contribution in [1.82, 2.24) is 15.2 Å². The van der Waals surface area contributed by atoms with Crippen molar-refractivity contribution in [3.63, 3.8) is 0 Å². The molecule has 2 amide bonds. The number of carbonyl (C=O) groups is 3. The number of thioether (sulfide) groups is 1. The van der Waals surface area contributed by atoms with E-state index in [0.717, 1.165) is 29.3 Å². The molecule has 2 aromatic heterocycles. The number of fused-ring (bicyclic) bond motifs is 2. The molecular formula is C24H30N7O5S3+. The number of aromatic nitrogens is 2. The van der Waals surface area contributed by atoms with Crippen molar-refractivity contribution in [3.05, 3.63) is 32.9 Å². The lowest BCUT2D eigenvalue weighted by Gasteiger charge is -2.49. The van der Waals surface area contributed by atoms with E-state index in [4.69, 9.17) is 10.6 Å². The van der Waals surface area contributed by atoms with E-state index < -0.39 is 29.2 Å². The smallest absolute Gasteiger partial charge is 0.352 e. The topological polar surface area (TPSA) is 154 Å². The standard InChI is InChI=1S/C24H29N7O5S3/c1-4-36-28-16(13-11-38-23(25)26-13)19(32)27-17-20(33)31-18(22(34)35)12(10-37-21(17)31)9-29(2)24-30(3)14-7-5-6-8-15(14)39-24/h11,17,21H,4-10H2,1-3H3,(H3-,25,26,27,32,34,35)/p+1/b28-16-. The molecule has 1 aliphatic carbocycles. The number of carboxylic acid groups (broad SMARTS) is 1. The van der Waals surface area contributed by atoms with Gasteiger partial charge in [0, 0.05) is 23.1 Å². The molecule has 4 N–H and O–H groups in total. The molecule has 2 unspecified atom stereocenters. The van der Waals surface area contributed by atoms with Gasteiger partial charge in [0.2, 0.25) is 0 Å². The molecule has 0 aromatic carbocycles. The molecule has 0 spiro atoms. The number of oxime groups is 1. The van der Waals surface area contributed by atoms with E-state index >= 15 is 0 Å². The maximum absolute atomic E-state index is 13.2. The number of rotatable bonds is 9. The van der Waals surface area contributed by atoms with Crippen LogP contribution in [0.5, 0.6) is 0 Å². The van der Waals surface area contributed by atoms with E-state index in [2.05, 4.69) is 32.0 Å². The quantitative estimate of drug-likeness (QED) is 0.168. The summed E-state index contributed by atoms with van der Waals surface area (Å²) in [6.45, 7) is 2.34. The molecule has 0 saturated carbocycles. The van der Waals surface area contributed by atoms with Crippen molar-refractivity contribution in [1.29, 1.82) is 0 Å². The fourth-order valence-electron chi connectivity index (χ4n) is 5.05. The Bertz CT molecular complexity index is 1380. The van der Waals surface area contributed by atoms with Crippen LogP contribution in [0.25, 0.3) is 0 Å². The minimum Gasteiger partial charge on any atom is -0.477 e. The fourth-order valence-corrected chi connectivity index (χ4v) is 8.23. The van der Waals surface area contributed by atoms with Gasteiger partial charge in [-0.15, -0.1) is 23.1 Å². The lowest BCUT2D eigenvalue weighted by molar-refractivity contribution is -0.662. The largest absolute Gasteiger partial charge is 0.477 e. The van der Waals surface area contributed by atoms with Gasteiger partial charge in [-0.3, -0.25) is 19.4 Å². The lowest BCUT2D eigenvalue weighted by Crippen LogP contribution is -2.71. The minimum atomic E-state index is -1.16. The van der Waals surface area contributed by atoms with Crippen LogP contribution in [0.15, 0.2) is 21.8 Å². The zero-order chi connectivity index (χ0) is 27.8. The molecule has 15 heteroatoms. The first-order chi connectivity index (χ1) is 18.7.